The van der Waals surface area contributed by atoms with Crippen molar-refractivity contribution in [2.75, 3.05) is 53.9 Å². The van der Waals surface area contributed by atoms with Crippen LogP contribution < -0.4 is 5.32 Å². The number of carbonyl (C=O) groups is 3. The van der Waals surface area contributed by atoms with E-state index in [1.165, 1.54) is 7.11 Å². The Hall–Kier alpha value is -2.69. The summed E-state index contributed by atoms with van der Waals surface area (Å²) in [6.45, 7) is 5.40. The summed E-state index contributed by atoms with van der Waals surface area (Å²) in [5.74, 6) is -0.393. The topological polar surface area (TPSA) is 99.1 Å². The number of likely N-dealkylation sites (tertiary alicyclic amines) is 2. The van der Waals surface area contributed by atoms with Gasteiger partial charge in [-0.3, -0.25) is 14.9 Å². The van der Waals surface area contributed by atoms with Gasteiger partial charge in [0.05, 0.1) is 41.7 Å². The molecule has 2 atom stereocenters. The van der Waals surface area contributed by atoms with E-state index in [0.29, 0.717) is 39.2 Å². The lowest BCUT2D eigenvalue weighted by Crippen LogP contribution is -2.84. The fraction of sp³-hybridized carbons (Fsp3) is 0.529. The molecule has 3 amide bonds. The van der Waals surface area contributed by atoms with E-state index in [1.54, 1.807) is 36.4 Å². The number of halogens is 3. The molecule has 0 aliphatic carbocycles. The Kier molecular flexibility index (Phi) is 13.3. The molecule has 2 N–H and O–H groups in total. The number of piperidine rings is 2. The third-order valence-electron chi connectivity index (χ3n) is 9.08. The molecule has 0 saturated carbocycles. The van der Waals surface area contributed by atoms with E-state index in [9.17, 15) is 14.4 Å². The number of hydrogen-bond donors (Lipinski definition) is 1. The lowest BCUT2D eigenvalue weighted by Gasteiger charge is -2.42. The Labute approximate surface area is 287 Å². The average molecular weight is 694 g/mol. The van der Waals surface area contributed by atoms with Crippen molar-refractivity contribution in [3.05, 3.63) is 68.2 Å². The Morgan fingerprint density at radius 2 is 1.80 bits per heavy atom. The molecular formula is C34H45Cl3N5O4+. The van der Waals surface area contributed by atoms with Gasteiger partial charge in [-0.2, -0.15) is 0 Å². The first kappa shape index (κ1) is 36.2. The van der Waals surface area contributed by atoms with E-state index in [1.807, 2.05) is 36.1 Å². The normalized spacial score (nSPS) is 18.8. The van der Waals surface area contributed by atoms with Crippen molar-refractivity contribution in [3.8, 4) is 0 Å². The van der Waals surface area contributed by atoms with Crippen molar-refractivity contribution in [1.82, 2.24) is 14.7 Å². The van der Waals surface area contributed by atoms with Crippen molar-refractivity contribution in [2.24, 2.45) is 11.1 Å². The highest BCUT2D eigenvalue weighted by molar-refractivity contribution is 6.42. The van der Waals surface area contributed by atoms with Gasteiger partial charge in [-0.05, 0) is 87.0 Å². The quantitative estimate of drug-likeness (QED) is 0.249. The van der Waals surface area contributed by atoms with E-state index >= 15 is 0 Å². The van der Waals surface area contributed by atoms with Crippen LogP contribution >= 0.6 is 34.8 Å². The summed E-state index contributed by atoms with van der Waals surface area (Å²) in [4.78, 5) is 50.0. The van der Waals surface area contributed by atoms with E-state index in [0.717, 1.165) is 63.0 Å². The van der Waals surface area contributed by atoms with Crippen molar-refractivity contribution >= 4 is 58.2 Å². The second-order valence-corrected chi connectivity index (χ2v) is 13.6. The first-order valence-corrected chi connectivity index (χ1v) is 17.1. The molecule has 2 fully saturated rings. The molecule has 0 aromatic heterocycles. The smallest absolute Gasteiger partial charge is 0.311 e. The predicted octanol–water partition coefficient (Wildman–Crippen LogP) is 5.02. The number of aryl methyl sites for hydroxylation is 1. The molecule has 0 radical (unpaired) electrons. The molecule has 2 unspecified atom stereocenters. The van der Waals surface area contributed by atoms with Crippen LogP contribution in [-0.4, -0.2) is 98.1 Å². The standard InChI is InChI=1S/C34H44Cl3N5O4/c1-22-16-25(18-26(35)17-22)33(44)40(3)21-31(39-46-4)28(23-7-8-29(36)30(37)19-23)11-15-41-13-9-27(10-14-41)42-12-5-6-24(34(42)45)20-32(43)38-2/h7-8,16-19,24,27-28H,5-6,9-15,20-21H2,1-4H3,(H,38,43)/p+1/b39-31+. The van der Waals surface area contributed by atoms with Gasteiger partial charge in [0.2, 0.25) is 5.91 Å². The number of quaternary nitrogens is 1. The Morgan fingerprint density at radius 3 is 2.46 bits per heavy atom. The first-order chi connectivity index (χ1) is 22.0. The van der Waals surface area contributed by atoms with Gasteiger partial charge < -0.3 is 19.5 Å². The molecule has 2 aliphatic heterocycles. The number of hydrogen-bond acceptors (Lipinski definition) is 6. The summed E-state index contributed by atoms with van der Waals surface area (Å²) < 4.78 is 0. The molecule has 250 valence electrons. The molecule has 0 bridgehead atoms. The van der Waals surface area contributed by atoms with Crippen molar-refractivity contribution in [3.63, 3.8) is 0 Å². The van der Waals surface area contributed by atoms with Crippen LogP contribution in [0.25, 0.3) is 0 Å². The summed E-state index contributed by atoms with van der Waals surface area (Å²) >= 11 is 19.0. The van der Waals surface area contributed by atoms with Gasteiger partial charge in [0.1, 0.15) is 7.11 Å². The maximum Gasteiger partial charge on any atom is 0.311 e. The van der Waals surface area contributed by atoms with Crippen LogP contribution in [0.2, 0.25) is 15.1 Å². The Balaban J connectivity index is 1.44. The van der Waals surface area contributed by atoms with Crippen molar-refractivity contribution in [1.29, 1.82) is 0 Å². The van der Waals surface area contributed by atoms with Gasteiger partial charge in [-0.15, -0.1) is 0 Å². The number of nitrogens with two attached hydrogens (primary N) is 1. The maximum atomic E-state index is 13.4. The summed E-state index contributed by atoms with van der Waals surface area (Å²) in [5, 5.41) is 7.40. The van der Waals surface area contributed by atoms with Crippen LogP contribution in [0.4, 0.5) is 0 Å². The van der Waals surface area contributed by atoms with E-state index in [2.05, 4.69) is 10.1 Å². The molecule has 2 aromatic carbocycles. The van der Waals surface area contributed by atoms with E-state index < -0.39 is 0 Å². The van der Waals surface area contributed by atoms with Gasteiger partial charge in [0, 0.05) is 49.2 Å². The van der Waals surface area contributed by atoms with Gasteiger partial charge in [0.15, 0.2) is 0 Å². The zero-order valence-corrected chi connectivity index (χ0v) is 29.4. The van der Waals surface area contributed by atoms with Crippen LogP contribution in [0.5, 0.6) is 0 Å². The number of oxime groups is 1. The van der Waals surface area contributed by atoms with Crippen LogP contribution in [0.1, 0.15) is 65.9 Å². The van der Waals surface area contributed by atoms with Gasteiger partial charge in [0.25, 0.3) is 5.91 Å². The molecule has 4 rings (SSSR count). The fourth-order valence-electron chi connectivity index (χ4n) is 6.62. The molecular weight excluding hydrogens is 649 g/mol. The number of carbonyl (C=O) groups excluding carboxylic acids is 3. The van der Waals surface area contributed by atoms with E-state index in [4.69, 9.17) is 39.6 Å². The van der Waals surface area contributed by atoms with Gasteiger partial charge in [-0.25, -0.2) is 4.79 Å². The maximum absolute atomic E-state index is 13.4. The number of rotatable bonds is 12. The highest BCUT2D eigenvalue weighted by atomic mass is 35.5. The molecule has 2 saturated heterocycles. The Bertz CT molecular complexity index is 1410. The summed E-state index contributed by atoms with van der Waals surface area (Å²) in [5.41, 5.74) is 3.03. The molecule has 2 aromatic rings. The number of nitrogens with zero attached hydrogens (tertiary/aromatic N) is 4. The second-order valence-electron chi connectivity index (χ2n) is 12.4. The molecule has 46 heavy (non-hydrogen) atoms. The van der Waals surface area contributed by atoms with Gasteiger partial charge in [-0.1, -0.05) is 46.0 Å². The summed E-state index contributed by atoms with van der Waals surface area (Å²) in [6.07, 6.45) is 4.52. The van der Waals surface area contributed by atoms with Crippen LogP contribution in [0.15, 0.2) is 41.6 Å². The van der Waals surface area contributed by atoms with Crippen molar-refractivity contribution < 1.29 is 24.5 Å². The molecule has 9 nitrogen and oxygen atoms in total. The van der Waals surface area contributed by atoms with Gasteiger partial charge >= 0.3 is 5.91 Å². The third kappa shape index (κ3) is 9.44. The van der Waals surface area contributed by atoms with Crippen LogP contribution in [-0.2, 0) is 14.4 Å². The van der Waals surface area contributed by atoms with E-state index in [-0.39, 0.29) is 42.1 Å². The van der Waals surface area contributed by atoms with Crippen molar-refractivity contribution in [2.45, 2.75) is 57.4 Å². The number of primary amides is 1. The number of benzene rings is 2. The molecule has 12 heteroatoms. The highest BCUT2D eigenvalue weighted by Gasteiger charge is 2.36. The number of amides is 3. The fourth-order valence-corrected chi connectivity index (χ4v) is 7.22. The monoisotopic (exact) mass is 692 g/mol. The minimum absolute atomic E-state index is 0.0399. The van der Waals surface area contributed by atoms with Crippen LogP contribution in [0.3, 0.4) is 0 Å². The first-order valence-electron chi connectivity index (χ1n) is 15.9. The predicted molar refractivity (Wildman–Crippen MR) is 183 cm³/mol. The lowest BCUT2D eigenvalue weighted by atomic mass is 9.89. The summed E-state index contributed by atoms with van der Waals surface area (Å²) in [6, 6.07) is 11.1. The highest BCUT2D eigenvalue weighted by Crippen LogP contribution is 2.31. The molecule has 0 spiro atoms. The third-order valence-corrected chi connectivity index (χ3v) is 10.0. The second kappa shape index (κ2) is 16.9. The minimum atomic E-state index is -0.200. The molecule has 2 aliphatic rings. The zero-order chi connectivity index (χ0) is 33.4. The molecule has 2 heterocycles. The largest absolute Gasteiger partial charge is 0.399 e. The zero-order valence-electron chi connectivity index (χ0n) is 27.1. The average Bonchev–Trinajstić information content (AvgIpc) is 3.03. The Morgan fingerprint density at radius 1 is 1.07 bits per heavy atom. The lowest BCUT2D eigenvalue weighted by molar-refractivity contribution is -0.539. The minimum Gasteiger partial charge on any atom is -0.399 e. The SMILES string of the molecule is C[NH2+]C(=O)CC1CCCN(C2CCN(CCC(/C(CN(C)C(=O)c3cc(C)cc(Cl)c3)=N/OC)c3ccc(Cl)c(Cl)c3)CC2)C1=O. The van der Waals surface area contributed by atoms with Crippen LogP contribution in [0, 0.1) is 12.8 Å². The summed E-state index contributed by atoms with van der Waals surface area (Å²) in [7, 11) is 4.98.